The van der Waals surface area contributed by atoms with Gasteiger partial charge in [0.1, 0.15) is 0 Å². The van der Waals surface area contributed by atoms with Crippen molar-refractivity contribution < 1.29 is 19.4 Å². The summed E-state index contributed by atoms with van der Waals surface area (Å²) in [5.41, 5.74) is 2.42. The zero-order chi connectivity index (χ0) is 16.0. The van der Waals surface area contributed by atoms with Gasteiger partial charge in [-0.2, -0.15) is 0 Å². The Morgan fingerprint density at radius 3 is 2.61 bits per heavy atom. The largest absolute Gasteiger partial charge is 0.550 e. The number of hydrogen-bond acceptors (Lipinski definition) is 4. The number of carboxylic acid groups (broad SMARTS) is 1. The van der Waals surface area contributed by atoms with Gasteiger partial charge in [0.05, 0.1) is 24.2 Å². The molecule has 0 radical (unpaired) electrons. The second-order valence-corrected chi connectivity index (χ2v) is 6.81. The van der Waals surface area contributed by atoms with E-state index < -0.39 is 17.8 Å². The molecule has 2 aliphatic heterocycles. The van der Waals surface area contributed by atoms with Crippen LogP contribution in [0.25, 0.3) is 0 Å². The molecule has 5 atom stereocenters. The number of carbonyl (C=O) groups excluding carboxylic acids is 2. The van der Waals surface area contributed by atoms with Crippen molar-refractivity contribution in [2.75, 3.05) is 0 Å². The molecule has 4 rings (SSSR count). The second kappa shape index (κ2) is 5.64. The minimum Gasteiger partial charge on any atom is -0.550 e. The van der Waals surface area contributed by atoms with Gasteiger partial charge in [-0.15, -0.1) is 0 Å². The zero-order valence-corrected chi connectivity index (χ0v) is 12.9. The van der Waals surface area contributed by atoms with Gasteiger partial charge in [0.25, 0.3) is 0 Å². The predicted molar refractivity (Wildman–Crippen MR) is 80.1 cm³/mol. The fraction of sp³-hybridized carbons (Fsp3) is 0.556. The highest BCUT2D eigenvalue weighted by atomic mass is 16.5. The summed E-state index contributed by atoms with van der Waals surface area (Å²) in [5, 5.41) is 14.5. The van der Waals surface area contributed by atoms with Gasteiger partial charge in [-0.3, -0.25) is 4.79 Å². The molecular formula is C18H20NO4-. The van der Waals surface area contributed by atoms with E-state index >= 15 is 0 Å². The summed E-state index contributed by atoms with van der Waals surface area (Å²) in [5.74, 6) is -2.80. The molecule has 23 heavy (non-hydrogen) atoms. The molecule has 1 aliphatic carbocycles. The van der Waals surface area contributed by atoms with Crippen molar-refractivity contribution in [1.29, 1.82) is 0 Å². The lowest BCUT2D eigenvalue weighted by Crippen LogP contribution is -2.48. The second-order valence-electron chi connectivity index (χ2n) is 6.81. The van der Waals surface area contributed by atoms with Crippen LogP contribution < -0.4 is 10.4 Å². The van der Waals surface area contributed by atoms with Crippen LogP contribution in [0.3, 0.4) is 0 Å². The van der Waals surface area contributed by atoms with Crippen LogP contribution in [0.5, 0.6) is 0 Å². The van der Waals surface area contributed by atoms with E-state index in [0.717, 1.165) is 31.2 Å². The van der Waals surface area contributed by atoms with Crippen molar-refractivity contribution in [2.24, 2.45) is 11.8 Å². The first-order valence-electron chi connectivity index (χ1n) is 8.39. The highest BCUT2D eigenvalue weighted by Crippen LogP contribution is 2.43. The molecule has 1 amide bonds. The molecule has 5 unspecified atom stereocenters. The van der Waals surface area contributed by atoms with Gasteiger partial charge < -0.3 is 20.0 Å². The number of aliphatic carboxylic acids is 1. The molecule has 0 saturated carbocycles. The molecule has 122 valence electrons. The van der Waals surface area contributed by atoms with Crippen molar-refractivity contribution >= 4 is 11.9 Å². The van der Waals surface area contributed by atoms with Crippen LogP contribution in [0, 0.1) is 11.8 Å². The van der Waals surface area contributed by atoms with Crippen LogP contribution in [-0.2, 0) is 20.7 Å². The fourth-order valence-corrected chi connectivity index (χ4v) is 4.48. The lowest BCUT2D eigenvalue weighted by Gasteiger charge is -2.31. The minimum atomic E-state index is -1.17. The average Bonchev–Trinajstić information content (AvgIpc) is 3.16. The molecule has 2 heterocycles. The topological polar surface area (TPSA) is 78.5 Å². The molecule has 2 saturated heterocycles. The molecule has 0 aromatic heterocycles. The fourth-order valence-electron chi connectivity index (χ4n) is 4.48. The molecule has 1 N–H and O–H groups in total. The lowest BCUT2D eigenvalue weighted by atomic mass is 9.78. The molecule has 3 aliphatic rings. The standard InChI is InChI=1S/C18H21NO4/c20-17(15-13-8-9-14(23-13)16(15)18(21)22)19-12-7-3-5-10-4-1-2-6-11(10)12/h1-2,4,6,12-16H,3,5,7-9H2,(H,19,20)(H,21,22)/p-1. The number of ether oxygens (including phenoxy) is 1. The lowest BCUT2D eigenvalue weighted by molar-refractivity contribution is -0.314. The van der Waals surface area contributed by atoms with Crippen molar-refractivity contribution in [2.45, 2.75) is 50.4 Å². The number of rotatable bonds is 3. The maximum absolute atomic E-state index is 12.7. The van der Waals surface area contributed by atoms with Crippen LogP contribution in [0.4, 0.5) is 0 Å². The van der Waals surface area contributed by atoms with E-state index in [1.807, 2.05) is 18.2 Å². The first kappa shape index (κ1) is 14.7. The van der Waals surface area contributed by atoms with E-state index in [-0.39, 0.29) is 24.2 Å². The van der Waals surface area contributed by atoms with E-state index in [9.17, 15) is 14.7 Å². The number of hydrogen-bond donors (Lipinski definition) is 1. The van der Waals surface area contributed by atoms with Gasteiger partial charge in [0.2, 0.25) is 5.91 Å². The van der Waals surface area contributed by atoms with E-state index in [4.69, 9.17) is 4.74 Å². The van der Waals surface area contributed by atoms with Gasteiger partial charge in [-0.1, -0.05) is 24.3 Å². The number of carboxylic acids is 1. The third kappa shape index (κ3) is 2.43. The molecule has 1 aromatic rings. The zero-order valence-electron chi connectivity index (χ0n) is 12.9. The summed E-state index contributed by atoms with van der Waals surface area (Å²) in [7, 11) is 0. The molecule has 1 aromatic carbocycles. The van der Waals surface area contributed by atoms with Gasteiger partial charge in [-0.25, -0.2) is 0 Å². The highest BCUT2D eigenvalue weighted by Gasteiger charge is 2.53. The van der Waals surface area contributed by atoms with E-state index in [0.29, 0.717) is 6.42 Å². The SMILES string of the molecule is O=C([O-])C1C2CCC(O2)C1C(=O)NC1CCCc2ccccc21. The maximum atomic E-state index is 12.7. The average molecular weight is 314 g/mol. The summed E-state index contributed by atoms with van der Waals surface area (Å²) in [6, 6.07) is 8.10. The molecule has 0 spiro atoms. The number of amides is 1. The van der Waals surface area contributed by atoms with Crippen LogP contribution >= 0.6 is 0 Å². The Labute approximate surface area is 135 Å². The van der Waals surface area contributed by atoms with Crippen molar-refractivity contribution in [1.82, 2.24) is 5.32 Å². The predicted octanol–water partition coefficient (Wildman–Crippen LogP) is 0.724. The molecular weight excluding hydrogens is 294 g/mol. The third-order valence-electron chi connectivity index (χ3n) is 5.53. The minimum absolute atomic E-state index is 0.0334. The summed E-state index contributed by atoms with van der Waals surface area (Å²) in [6.45, 7) is 0. The van der Waals surface area contributed by atoms with Gasteiger partial charge in [0, 0.05) is 11.9 Å². The number of aryl methyl sites for hydroxylation is 1. The monoisotopic (exact) mass is 314 g/mol. The number of carbonyl (C=O) groups is 2. The Bertz CT molecular complexity index is 644. The van der Waals surface area contributed by atoms with Crippen LogP contribution in [0.1, 0.15) is 42.9 Å². The highest BCUT2D eigenvalue weighted by molar-refractivity contribution is 5.86. The molecule has 2 bridgehead atoms. The van der Waals surface area contributed by atoms with Crippen molar-refractivity contribution in [3.05, 3.63) is 35.4 Å². The third-order valence-corrected chi connectivity index (χ3v) is 5.53. The maximum Gasteiger partial charge on any atom is 0.226 e. The number of nitrogens with one attached hydrogen (secondary N) is 1. The Morgan fingerprint density at radius 2 is 1.83 bits per heavy atom. The summed E-state index contributed by atoms with van der Waals surface area (Å²) in [6.07, 6.45) is 3.77. The van der Waals surface area contributed by atoms with Crippen molar-refractivity contribution in [3.8, 4) is 0 Å². The van der Waals surface area contributed by atoms with Crippen LogP contribution in [0.15, 0.2) is 24.3 Å². The number of benzene rings is 1. The van der Waals surface area contributed by atoms with E-state index in [2.05, 4.69) is 11.4 Å². The Kier molecular flexibility index (Phi) is 3.60. The first-order chi connectivity index (χ1) is 11.1. The quantitative estimate of drug-likeness (QED) is 0.892. The normalized spacial score (nSPS) is 34.9. The van der Waals surface area contributed by atoms with Crippen LogP contribution in [0.2, 0.25) is 0 Å². The smallest absolute Gasteiger partial charge is 0.226 e. The summed E-state index contributed by atoms with van der Waals surface area (Å²) < 4.78 is 5.66. The summed E-state index contributed by atoms with van der Waals surface area (Å²) in [4.78, 5) is 24.2. The van der Waals surface area contributed by atoms with Gasteiger partial charge in [-0.05, 0) is 43.2 Å². The van der Waals surface area contributed by atoms with E-state index in [1.165, 1.54) is 5.56 Å². The van der Waals surface area contributed by atoms with Gasteiger partial charge in [0.15, 0.2) is 0 Å². The summed E-state index contributed by atoms with van der Waals surface area (Å²) >= 11 is 0. The molecule has 5 heteroatoms. The molecule has 5 nitrogen and oxygen atoms in total. The Morgan fingerprint density at radius 1 is 1.09 bits per heavy atom. The Balaban J connectivity index is 1.54. The number of fused-ring (bicyclic) bond motifs is 3. The van der Waals surface area contributed by atoms with E-state index in [1.54, 1.807) is 0 Å². The molecule has 2 fully saturated rings. The van der Waals surface area contributed by atoms with Gasteiger partial charge >= 0.3 is 0 Å². The van der Waals surface area contributed by atoms with Crippen LogP contribution in [-0.4, -0.2) is 24.1 Å². The first-order valence-corrected chi connectivity index (χ1v) is 8.39. The van der Waals surface area contributed by atoms with Crippen molar-refractivity contribution in [3.63, 3.8) is 0 Å². The Hall–Kier alpha value is -1.88.